The van der Waals surface area contributed by atoms with Crippen molar-refractivity contribution in [3.8, 4) is 5.75 Å². The molecule has 1 fully saturated rings. The molecule has 0 bridgehead atoms. The van der Waals surface area contributed by atoms with Gasteiger partial charge in [-0.1, -0.05) is 23.7 Å². The number of hydrogen-bond acceptors (Lipinski definition) is 5. The van der Waals surface area contributed by atoms with E-state index in [1.807, 2.05) is 24.3 Å². The van der Waals surface area contributed by atoms with Crippen LogP contribution >= 0.6 is 35.1 Å². The van der Waals surface area contributed by atoms with Gasteiger partial charge in [0.05, 0.1) is 22.0 Å². The van der Waals surface area contributed by atoms with Gasteiger partial charge in [-0.2, -0.15) is 0 Å². The zero-order chi connectivity index (χ0) is 14.8. The van der Waals surface area contributed by atoms with E-state index in [1.165, 1.54) is 0 Å². The van der Waals surface area contributed by atoms with Gasteiger partial charge >= 0.3 is 5.97 Å². The highest BCUT2D eigenvalue weighted by atomic mass is 35.5. The van der Waals surface area contributed by atoms with E-state index in [9.17, 15) is 4.79 Å². The average molecular weight is 341 g/mol. The lowest BCUT2D eigenvalue weighted by Gasteiger charge is -2.22. The second-order valence-corrected chi connectivity index (χ2v) is 7.35. The van der Waals surface area contributed by atoms with E-state index in [1.54, 1.807) is 36.7 Å². The SMILES string of the molecule is COc1ccc(C2C=C(Cl)C(=C3SCCS3)C(=O)O2)cc1. The molecule has 1 saturated heterocycles. The highest BCUT2D eigenvalue weighted by molar-refractivity contribution is 8.25. The van der Waals surface area contributed by atoms with Crippen LogP contribution in [0.25, 0.3) is 0 Å². The van der Waals surface area contributed by atoms with Crippen LogP contribution in [0.2, 0.25) is 0 Å². The van der Waals surface area contributed by atoms with Gasteiger partial charge in [0.2, 0.25) is 0 Å². The Kier molecular flexibility index (Phi) is 4.52. The molecule has 1 unspecified atom stereocenters. The summed E-state index contributed by atoms with van der Waals surface area (Å²) < 4.78 is 11.6. The second-order valence-electron chi connectivity index (χ2n) is 4.47. The van der Waals surface area contributed by atoms with Gasteiger partial charge in [0.25, 0.3) is 0 Å². The minimum absolute atomic E-state index is 0.347. The molecule has 2 aliphatic rings. The van der Waals surface area contributed by atoms with Gasteiger partial charge in [-0.25, -0.2) is 4.79 Å². The molecule has 0 amide bonds. The lowest BCUT2D eigenvalue weighted by molar-refractivity contribution is -0.142. The Balaban J connectivity index is 1.90. The first-order valence-electron chi connectivity index (χ1n) is 6.41. The zero-order valence-electron chi connectivity index (χ0n) is 11.3. The van der Waals surface area contributed by atoms with E-state index in [2.05, 4.69) is 0 Å². The minimum atomic E-state index is -0.448. The standard InChI is InChI=1S/C15H13ClO3S2/c1-18-10-4-2-9(3-5-10)12-8-11(16)13(14(17)19-12)15-20-6-7-21-15/h2-5,8,12H,6-7H2,1H3. The highest BCUT2D eigenvalue weighted by Crippen LogP contribution is 2.44. The van der Waals surface area contributed by atoms with Crippen molar-refractivity contribution in [2.45, 2.75) is 6.10 Å². The second kappa shape index (κ2) is 6.38. The molecular formula is C15H13ClO3S2. The third-order valence-corrected chi connectivity index (χ3v) is 6.20. The number of carbonyl (C=O) groups is 1. The first kappa shape index (κ1) is 14.9. The first-order valence-corrected chi connectivity index (χ1v) is 8.76. The van der Waals surface area contributed by atoms with Crippen molar-refractivity contribution < 1.29 is 14.3 Å². The summed E-state index contributed by atoms with van der Waals surface area (Å²) in [5.74, 6) is 2.42. The van der Waals surface area contributed by atoms with Crippen molar-refractivity contribution in [3.63, 3.8) is 0 Å². The zero-order valence-corrected chi connectivity index (χ0v) is 13.7. The number of rotatable bonds is 2. The van der Waals surface area contributed by atoms with Crippen molar-refractivity contribution in [2.24, 2.45) is 0 Å². The summed E-state index contributed by atoms with van der Waals surface area (Å²) in [6, 6.07) is 7.41. The van der Waals surface area contributed by atoms with Crippen LogP contribution in [0.3, 0.4) is 0 Å². The highest BCUT2D eigenvalue weighted by Gasteiger charge is 2.31. The first-order chi connectivity index (χ1) is 10.2. The minimum Gasteiger partial charge on any atom is -0.497 e. The van der Waals surface area contributed by atoms with Crippen molar-refractivity contribution >= 4 is 41.1 Å². The molecule has 1 atom stereocenters. The van der Waals surface area contributed by atoms with Gasteiger partial charge in [-0.15, -0.1) is 23.5 Å². The molecule has 0 radical (unpaired) electrons. The number of carbonyl (C=O) groups excluding carboxylic acids is 1. The molecule has 0 saturated carbocycles. The van der Waals surface area contributed by atoms with E-state index >= 15 is 0 Å². The Labute approximate surface area is 136 Å². The van der Waals surface area contributed by atoms with Crippen LogP contribution in [0.5, 0.6) is 5.75 Å². The van der Waals surface area contributed by atoms with Gasteiger partial charge in [0.15, 0.2) is 0 Å². The Hall–Kier alpha value is -1.04. The monoisotopic (exact) mass is 340 g/mol. The summed E-state index contributed by atoms with van der Waals surface area (Å²) >= 11 is 9.63. The third-order valence-electron chi connectivity index (χ3n) is 3.17. The molecule has 2 aliphatic heterocycles. The van der Waals surface area contributed by atoms with Crippen LogP contribution in [0.4, 0.5) is 0 Å². The predicted molar refractivity (Wildman–Crippen MR) is 87.7 cm³/mol. The van der Waals surface area contributed by atoms with Crippen LogP contribution in [-0.4, -0.2) is 24.6 Å². The summed E-state index contributed by atoms with van der Waals surface area (Å²) in [4.78, 5) is 12.2. The molecule has 3 nitrogen and oxygen atoms in total. The molecule has 110 valence electrons. The largest absolute Gasteiger partial charge is 0.497 e. The molecule has 1 aromatic rings. The van der Waals surface area contributed by atoms with Crippen LogP contribution in [0, 0.1) is 0 Å². The maximum Gasteiger partial charge on any atom is 0.342 e. The van der Waals surface area contributed by atoms with Crippen LogP contribution in [-0.2, 0) is 9.53 Å². The smallest absolute Gasteiger partial charge is 0.342 e. The Morgan fingerprint density at radius 3 is 2.48 bits per heavy atom. The van der Waals surface area contributed by atoms with Gasteiger partial charge in [0.1, 0.15) is 11.9 Å². The number of esters is 1. The van der Waals surface area contributed by atoms with Crippen molar-refractivity contribution in [3.05, 3.63) is 50.7 Å². The summed E-state index contributed by atoms with van der Waals surface area (Å²) in [5, 5.41) is 0.476. The van der Waals surface area contributed by atoms with E-state index < -0.39 is 6.10 Å². The number of ether oxygens (including phenoxy) is 2. The molecule has 21 heavy (non-hydrogen) atoms. The molecule has 2 heterocycles. The summed E-state index contributed by atoms with van der Waals surface area (Å²) in [5.41, 5.74) is 1.38. The van der Waals surface area contributed by atoms with E-state index in [4.69, 9.17) is 21.1 Å². The Bertz CT molecular complexity index is 614. The van der Waals surface area contributed by atoms with Crippen LogP contribution < -0.4 is 4.74 Å². The quantitative estimate of drug-likeness (QED) is 0.598. The number of halogens is 1. The number of methoxy groups -OCH3 is 1. The third kappa shape index (κ3) is 3.10. The molecule has 0 aromatic heterocycles. The maximum absolute atomic E-state index is 12.2. The lowest BCUT2D eigenvalue weighted by atomic mass is 10.1. The number of cyclic esters (lactones) is 1. The van der Waals surface area contributed by atoms with E-state index in [0.29, 0.717) is 10.6 Å². The number of benzene rings is 1. The molecule has 0 aliphatic carbocycles. The topological polar surface area (TPSA) is 35.5 Å². The summed E-state index contributed by atoms with van der Waals surface area (Å²) in [7, 11) is 1.61. The van der Waals surface area contributed by atoms with Crippen molar-refractivity contribution in [1.29, 1.82) is 0 Å². The lowest BCUT2D eigenvalue weighted by Crippen LogP contribution is -2.18. The maximum atomic E-state index is 12.2. The Morgan fingerprint density at radius 1 is 1.24 bits per heavy atom. The number of thioether (sulfide) groups is 2. The molecule has 0 spiro atoms. The van der Waals surface area contributed by atoms with Gasteiger partial charge in [-0.3, -0.25) is 0 Å². The van der Waals surface area contributed by atoms with Gasteiger partial charge in [-0.05, 0) is 23.8 Å². The summed E-state index contributed by atoms with van der Waals surface area (Å²) in [6.07, 6.45) is 1.34. The normalized spacial score (nSPS) is 22.1. The van der Waals surface area contributed by atoms with Crippen molar-refractivity contribution in [2.75, 3.05) is 18.6 Å². The predicted octanol–water partition coefficient (Wildman–Crippen LogP) is 4.11. The van der Waals surface area contributed by atoms with Crippen molar-refractivity contribution in [1.82, 2.24) is 0 Å². The Morgan fingerprint density at radius 2 is 1.90 bits per heavy atom. The summed E-state index contributed by atoms with van der Waals surface area (Å²) in [6.45, 7) is 0. The molecule has 6 heteroatoms. The van der Waals surface area contributed by atoms with Crippen LogP contribution in [0.1, 0.15) is 11.7 Å². The molecular weight excluding hydrogens is 328 g/mol. The molecule has 3 rings (SSSR count). The number of hydrogen-bond donors (Lipinski definition) is 0. The fourth-order valence-corrected chi connectivity index (χ4v) is 5.06. The van der Waals surface area contributed by atoms with Gasteiger partial charge in [0, 0.05) is 11.5 Å². The van der Waals surface area contributed by atoms with Gasteiger partial charge < -0.3 is 9.47 Å². The molecule has 0 N–H and O–H groups in total. The van der Waals surface area contributed by atoms with E-state index in [-0.39, 0.29) is 5.97 Å². The van der Waals surface area contributed by atoms with Crippen LogP contribution in [0.15, 0.2) is 45.2 Å². The fraction of sp³-hybridized carbons (Fsp3) is 0.267. The fourth-order valence-electron chi connectivity index (χ4n) is 2.12. The average Bonchev–Trinajstić information content (AvgIpc) is 3.00. The molecule has 1 aromatic carbocycles. The van der Waals surface area contributed by atoms with E-state index in [0.717, 1.165) is 27.1 Å².